The third-order valence-corrected chi connectivity index (χ3v) is 7.43. The SMILES string of the molecule is CCCCN(Cc1ccccc1)c1ncc(NS(=O)(=O)c2cccs2)cc1C(=O)O.O=C(O)C(F)(F)F. The minimum atomic E-state index is -5.08. The lowest BCUT2D eigenvalue weighted by Gasteiger charge is -2.25. The highest BCUT2D eigenvalue weighted by molar-refractivity contribution is 7.94. The van der Waals surface area contributed by atoms with Gasteiger partial charge in [-0.2, -0.15) is 13.2 Å². The molecule has 0 atom stereocenters. The number of pyridine rings is 1. The molecule has 0 aliphatic heterocycles. The average Bonchev–Trinajstić information content (AvgIpc) is 3.38. The molecule has 0 bridgehead atoms. The maximum Gasteiger partial charge on any atom is 0.490 e. The molecule has 0 unspecified atom stereocenters. The minimum Gasteiger partial charge on any atom is -0.478 e. The molecule has 3 rings (SSSR count). The minimum absolute atomic E-state index is 0.0478. The molecule has 0 aliphatic carbocycles. The number of benzene rings is 1. The predicted octanol–water partition coefficient (Wildman–Crippen LogP) is 5.08. The van der Waals surface area contributed by atoms with E-state index in [0.717, 1.165) is 29.7 Å². The Labute approximate surface area is 215 Å². The van der Waals surface area contributed by atoms with Gasteiger partial charge in [-0.3, -0.25) is 4.72 Å². The molecule has 14 heteroatoms. The third-order valence-electron chi connectivity index (χ3n) is 4.65. The fraction of sp³-hybridized carbons (Fsp3) is 0.261. The van der Waals surface area contributed by atoms with Gasteiger partial charge in [-0.25, -0.2) is 23.0 Å². The van der Waals surface area contributed by atoms with Crippen molar-refractivity contribution in [1.29, 1.82) is 0 Å². The first-order chi connectivity index (χ1) is 17.3. The van der Waals surface area contributed by atoms with Gasteiger partial charge in [-0.15, -0.1) is 11.3 Å². The number of nitrogens with zero attached hydrogens (tertiary/aromatic N) is 2. The smallest absolute Gasteiger partial charge is 0.478 e. The zero-order valence-corrected chi connectivity index (χ0v) is 21.1. The lowest BCUT2D eigenvalue weighted by Crippen LogP contribution is -2.27. The van der Waals surface area contributed by atoms with Crippen molar-refractivity contribution >= 4 is 44.8 Å². The molecule has 37 heavy (non-hydrogen) atoms. The van der Waals surface area contributed by atoms with Crippen LogP contribution in [0.1, 0.15) is 35.7 Å². The molecule has 2 aromatic heterocycles. The summed E-state index contributed by atoms with van der Waals surface area (Å²) in [6.45, 7) is 3.21. The van der Waals surface area contributed by atoms with Crippen LogP contribution in [0.3, 0.4) is 0 Å². The molecule has 3 N–H and O–H groups in total. The quantitative estimate of drug-likeness (QED) is 0.313. The van der Waals surface area contributed by atoms with Crippen molar-refractivity contribution in [2.45, 2.75) is 36.7 Å². The van der Waals surface area contributed by atoms with Crippen LogP contribution in [-0.2, 0) is 21.4 Å². The first-order valence-corrected chi connectivity index (χ1v) is 13.1. The maximum absolute atomic E-state index is 12.5. The summed E-state index contributed by atoms with van der Waals surface area (Å²) in [4.78, 5) is 27.1. The van der Waals surface area contributed by atoms with Gasteiger partial charge in [0.2, 0.25) is 0 Å². The molecule has 200 valence electrons. The molecule has 0 amide bonds. The Hall–Kier alpha value is -3.65. The molecule has 0 spiro atoms. The van der Waals surface area contributed by atoms with E-state index in [9.17, 15) is 31.5 Å². The fourth-order valence-electron chi connectivity index (χ4n) is 2.96. The summed E-state index contributed by atoms with van der Waals surface area (Å²) in [5.74, 6) is -3.60. The molecule has 0 radical (unpaired) electrons. The third kappa shape index (κ3) is 9.06. The first-order valence-electron chi connectivity index (χ1n) is 10.7. The van der Waals surface area contributed by atoms with Crippen LogP contribution in [0.25, 0.3) is 0 Å². The van der Waals surface area contributed by atoms with Crippen LogP contribution in [0.15, 0.2) is 64.3 Å². The molecule has 2 heterocycles. The number of hydrogen-bond acceptors (Lipinski definition) is 7. The van der Waals surface area contributed by atoms with E-state index >= 15 is 0 Å². The number of hydrogen-bond donors (Lipinski definition) is 3. The molecule has 3 aromatic rings. The summed E-state index contributed by atoms with van der Waals surface area (Å²) in [6.07, 6.45) is -1.90. The van der Waals surface area contributed by atoms with Crippen LogP contribution in [0.2, 0.25) is 0 Å². The summed E-state index contributed by atoms with van der Waals surface area (Å²) >= 11 is 1.08. The number of carboxylic acids is 2. The van der Waals surface area contributed by atoms with Crippen LogP contribution in [-0.4, -0.2) is 48.3 Å². The molecular weight excluding hydrogens is 535 g/mol. The average molecular weight is 560 g/mol. The standard InChI is InChI=1S/C21H23N3O4S2.C2HF3O2/c1-2-3-11-24(15-16-8-5-4-6-9-16)20-18(21(25)26)13-17(14-22-20)23-30(27,28)19-10-7-12-29-19;3-2(4,5)1(6)7/h4-10,12-14,23H,2-3,11,15H2,1H3,(H,25,26);(H,6,7). The topological polar surface area (TPSA) is 137 Å². The van der Waals surface area contributed by atoms with Gasteiger partial charge in [0, 0.05) is 13.1 Å². The van der Waals surface area contributed by atoms with Crippen molar-refractivity contribution in [3.63, 3.8) is 0 Å². The second kappa shape index (κ2) is 13.1. The van der Waals surface area contributed by atoms with Gasteiger partial charge in [-0.1, -0.05) is 49.7 Å². The number of aromatic nitrogens is 1. The molecule has 0 saturated heterocycles. The van der Waals surface area contributed by atoms with E-state index in [1.54, 1.807) is 11.4 Å². The molecule has 1 aromatic carbocycles. The summed E-state index contributed by atoms with van der Waals surface area (Å²) in [6, 6.07) is 14.2. The van der Waals surface area contributed by atoms with E-state index in [-0.39, 0.29) is 15.5 Å². The van der Waals surface area contributed by atoms with E-state index in [4.69, 9.17) is 9.90 Å². The Kier molecular flexibility index (Phi) is 10.4. The zero-order valence-electron chi connectivity index (χ0n) is 19.5. The van der Waals surface area contributed by atoms with Gasteiger partial charge in [0.15, 0.2) is 0 Å². The van der Waals surface area contributed by atoms with Crippen molar-refractivity contribution < 1.29 is 41.4 Å². The number of carboxylic acid groups (broad SMARTS) is 2. The molecular formula is C23H24F3N3O6S2. The number of unbranched alkanes of at least 4 members (excludes halogenated alkanes) is 1. The number of aromatic carboxylic acids is 1. The van der Waals surface area contributed by atoms with Crippen molar-refractivity contribution in [3.8, 4) is 0 Å². The summed E-state index contributed by atoms with van der Waals surface area (Å²) in [5, 5.41) is 18.6. The Morgan fingerprint density at radius 1 is 1.11 bits per heavy atom. The lowest BCUT2D eigenvalue weighted by molar-refractivity contribution is -0.192. The largest absolute Gasteiger partial charge is 0.490 e. The normalized spacial score (nSPS) is 11.2. The number of aliphatic carboxylic acids is 1. The highest BCUT2D eigenvalue weighted by atomic mass is 32.2. The Balaban J connectivity index is 0.000000604. The van der Waals surface area contributed by atoms with Crippen molar-refractivity contribution in [1.82, 2.24) is 4.98 Å². The zero-order chi connectivity index (χ0) is 27.6. The van der Waals surface area contributed by atoms with Crippen LogP contribution in [0, 0.1) is 0 Å². The number of thiophene rings is 1. The Bertz CT molecular complexity index is 1280. The summed E-state index contributed by atoms with van der Waals surface area (Å²) < 4.78 is 59.2. The number of rotatable bonds is 10. The highest BCUT2D eigenvalue weighted by Gasteiger charge is 2.38. The van der Waals surface area contributed by atoms with E-state index < -0.39 is 28.1 Å². The number of sulfonamides is 1. The highest BCUT2D eigenvalue weighted by Crippen LogP contribution is 2.26. The monoisotopic (exact) mass is 559 g/mol. The number of carbonyl (C=O) groups is 2. The first kappa shape index (κ1) is 29.6. The van der Waals surface area contributed by atoms with E-state index in [1.165, 1.54) is 18.3 Å². The molecule has 0 saturated carbocycles. The Morgan fingerprint density at radius 3 is 2.27 bits per heavy atom. The number of alkyl halides is 3. The number of anilines is 2. The fourth-order valence-corrected chi connectivity index (χ4v) is 4.98. The molecule has 0 aliphatic rings. The van der Waals surface area contributed by atoms with Crippen molar-refractivity contribution in [2.75, 3.05) is 16.2 Å². The summed E-state index contributed by atoms with van der Waals surface area (Å²) in [5.41, 5.74) is 1.10. The van der Waals surface area contributed by atoms with E-state index in [0.29, 0.717) is 18.9 Å². The van der Waals surface area contributed by atoms with Gasteiger partial charge >= 0.3 is 18.1 Å². The van der Waals surface area contributed by atoms with Gasteiger partial charge < -0.3 is 15.1 Å². The second-order valence-electron chi connectivity index (χ2n) is 7.50. The summed E-state index contributed by atoms with van der Waals surface area (Å²) in [7, 11) is -3.79. The van der Waals surface area contributed by atoms with E-state index in [2.05, 4.69) is 16.6 Å². The van der Waals surface area contributed by atoms with Crippen molar-refractivity contribution in [3.05, 3.63) is 71.2 Å². The van der Waals surface area contributed by atoms with Gasteiger partial charge in [0.05, 0.1) is 11.9 Å². The van der Waals surface area contributed by atoms with Crippen LogP contribution in [0.5, 0.6) is 0 Å². The molecule has 9 nitrogen and oxygen atoms in total. The molecule has 0 fully saturated rings. The van der Waals surface area contributed by atoms with Crippen LogP contribution in [0.4, 0.5) is 24.7 Å². The predicted molar refractivity (Wildman–Crippen MR) is 132 cm³/mol. The Morgan fingerprint density at radius 2 is 1.76 bits per heavy atom. The van der Waals surface area contributed by atoms with Crippen LogP contribution >= 0.6 is 11.3 Å². The second-order valence-corrected chi connectivity index (χ2v) is 10.4. The van der Waals surface area contributed by atoms with Crippen molar-refractivity contribution in [2.24, 2.45) is 0 Å². The van der Waals surface area contributed by atoms with Crippen LogP contribution < -0.4 is 9.62 Å². The number of nitrogens with one attached hydrogen (secondary N) is 1. The number of halogens is 3. The van der Waals surface area contributed by atoms with E-state index in [1.807, 2.05) is 35.2 Å². The van der Waals surface area contributed by atoms with Gasteiger partial charge in [0.25, 0.3) is 10.0 Å². The van der Waals surface area contributed by atoms with Gasteiger partial charge in [-0.05, 0) is 29.5 Å². The lowest BCUT2D eigenvalue weighted by atomic mass is 10.1. The van der Waals surface area contributed by atoms with Gasteiger partial charge in [0.1, 0.15) is 15.6 Å². The maximum atomic E-state index is 12.5.